The Bertz CT molecular complexity index is 683. The summed E-state index contributed by atoms with van der Waals surface area (Å²) in [6.45, 7) is 4.29. The smallest absolute Gasteiger partial charge is 0.0780 e. The van der Waals surface area contributed by atoms with E-state index >= 15 is 0 Å². The maximum atomic E-state index is 4.49. The highest BCUT2D eigenvalue weighted by atomic mass is 14.6. The van der Waals surface area contributed by atoms with Gasteiger partial charge < -0.3 is 0 Å². The van der Waals surface area contributed by atoms with E-state index in [-0.39, 0.29) is 0 Å². The molecule has 78 valence electrons. The van der Waals surface area contributed by atoms with Crippen molar-refractivity contribution in [3.05, 3.63) is 53.7 Å². The van der Waals surface area contributed by atoms with E-state index in [1.54, 1.807) is 0 Å². The topological polar surface area (TPSA) is 12.9 Å². The van der Waals surface area contributed by atoms with Crippen molar-refractivity contribution in [2.75, 3.05) is 0 Å². The molecule has 1 heteroatoms. The van der Waals surface area contributed by atoms with Crippen molar-refractivity contribution < 1.29 is 0 Å². The standard InChI is InChI=1S/C15H13N/c1-10-8-11(2)13-6-5-12-4-3-7-16-15(12)14(13)9-10/h3-9H,1-2H3. The third kappa shape index (κ3) is 1.28. The number of benzene rings is 2. The van der Waals surface area contributed by atoms with Crippen molar-refractivity contribution in [3.63, 3.8) is 0 Å². The highest BCUT2D eigenvalue weighted by molar-refractivity contribution is 6.06. The third-order valence-corrected chi connectivity index (χ3v) is 3.05. The molecule has 1 aromatic heterocycles. The Morgan fingerprint density at radius 2 is 1.81 bits per heavy atom. The van der Waals surface area contributed by atoms with E-state index in [0.717, 1.165) is 5.52 Å². The van der Waals surface area contributed by atoms with Crippen LogP contribution < -0.4 is 0 Å². The second-order valence-electron chi connectivity index (χ2n) is 4.32. The lowest BCUT2D eigenvalue weighted by Gasteiger charge is -2.07. The van der Waals surface area contributed by atoms with Gasteiger partial charge in [0.15, 0.2) is 0 Å². The lowest BCUT2D eigenvalue weighted by atomic mass is 10.00. The molecule has 2 aromatic carbocycles. The fourth-order valence-electron chi connectivity index (χ4n) is 2.35. The number of hydrogen-bond donors (Lipinski definition) is 0. The van der Waals surface area contributed by atoms with Crippen LogP contribution >= 0.6 is 0 Å². The predicted molar refractivity (Wildman–Crippen MR) is 68.7 cm³/mol. The van der Waals surface area contributed by atoms with Crippen molar-refractivity contribution in [2.24, 2.45) is 0 Å². The van der Waals surface area contributed by atoms with E-state index in [9.17, 15) is 0 Å². The van der Waals surface area contributed by atoms with E-state index in [1.807, 2.05) is 12.3 Å². The Morgan fingerprint density at radius 1 is 0.938 bits per heavy atom. The Labute approximate surface area is 94.7 Å². The minimum atomic E-state index is 1.10. The lowest BCUT2D eigenvalue weighted by molar-refractivity contribution is 1.40. The van der Waals surface area contributed by atoms with Crippen LogP contribution in [0.1, 0.15) is 11.1 Å². The van der Waals surface area contributed by atoms with Gasteiger partial charge >= 0.3 is 0 Å². The average Bonchev–Trinajstić information content (AvgIpc) is 2.28. The SMILES string of the molecule is Cc1cc(C)c2ccc3cccnc3c2c1. The number of hydrogen-bond acceptors (Lipinski definition) is 1. The van der Waals surface area contributed by atoms with Crippen LogP contribution in [-0.2, 0) is 0 Å². The van der Waals surface area contributed by atoms with Gasteiger partial charge in [0.1, 0.15) is 0 Å². The van der Waals surface area contributed by atoms with Crippen LogP contribution in [0, 0.1) is 13.8 Å². The van der Waals surface area contributed by atoms with Gasteiger partial charge in [0, 0.05) is 17.0 Å². The van der Waals surface area contributed by atoms with Gasteiger partial charge in [0.25, 0.3) is 0 Å². The molecule has 3 aromatic rings. The molecule has 0 aliphatic rings. The molecule has 0 atom stereocenters. The van der Waals surface area contributed by atoms with Gasteiger partial charge in [-0.05, 0) is 36.9 Å². The van der Waals surface area contributed by atoms with Crippen LogP contribution in [0.3, 0.4) is 0 Å². The van der Waals surface area contributed by atoms with E-state index in [0.29, 0.717) is 0 Å². The normalized spacial score (nSPS) is 11.1. The zero-order valence-electron chi connectivity index (χ0n) is 9.49. The summed E-state index contributed by atoms with van der Waals surface area (Å²) in [7, 11) is 0. The number of rotatable bonds is 0. The first-order valence-electron chi connectivity index (χ1n) is 5.50. The van der Waals surface area contributed by atoms with Gasteiger partial charge in [-0.1, -0.05) is 29.8 Å². The first-order valence-corrected chi connectivity index (χ1v) is 5.50. The Morgan fingerprint density at radius 3 is 2.69 bits per heavy atom. The summed E-state index contributed by atoms with van der Waals surface area (Å²) < 4.78 is 0. The van der Waals surface area contributed by atoms with Crippen LogP contribution in [0.2, 0.25) is 0 Å². The molecule has 0 bridgehead atoms. The van der Waals surface area contributed by atoms with Crippen LogP contribution in [0.25, 0.3) is 21.7 Å². The summed E-state index contributed by atoms with van der Waals surface area (Å²) in [5.41, 5.74) is 3.72. The molecule has 0 aliphatic heterocycles. The van der Waals surface area contributed by atoms with Crippen molar-refractivity contribution in [1.82, 2.24) is 4.98 Å². The van der Waals surface area contributed by atoms with Gasteiger partial charge in [-0.2, -0.15) is 0 Å². The quantitative estimate of drug-likeness (QED) is 0.508. The van der Waals surface area contributed by atoms with Crippen molar-refractivity contribution in [1.29, 1.82) is 0 Å². The summed E-state index contributed by atoms with van der Waals surface area (Å²) in [5, 5.41) is 3.77. The first kappa shape index (κ1) is 9.34. The molecule has 0 unspecified atom stereocenters. The predicted octanol–water partition coefficient (Wildman–Crippen LogP) is 4.00. The van der Waals surface area contributed by atoms with Gasteiger partial charge in [0.2, 0.25) is 0 Å². The Kier molecular flexibility index (Phi) is 1.93. The summed E-state index contributed by atoms with van der Waals surface area (Å²) in [4.78, 5) is 4.49. The molecule has 0 fully saturated rings. The van der Waals surface area contributed by atoms with Crippen LogP contribution in [0.4, 0.5) is 0 Å². The summed E-state index contributed by atoms with van der Waals surface area (Å²) in [6, 6.07) is 12.9. The van der Waals surface area contributed by atoms with Gasteiger partial charge in [0.05, 0.1) is 5.52 Å². The van der Waals surface area contributed by atoms with Crippen LogP contribution in [0.5, 0.6) is 0 Å². The molecular weight excluding hydrogens is 194 g/mol. The highest BCUT2D eigenvalue weighted by Crippen LogP contribution is 2.26. The lowest BCUT2D eigenvalue weighted by Crippen LogP contribution is -1.85. The molecule has 16 heavy (non-hydrogen) atoms. The summed E-state index contributed by atoms with van der Waals surface area (Å²) >= 11 is 0. The largest absolute Gasteiger partial charge is 0.256 e. The Balaban J connectivity index is 2.59. The maximum Gasteiger partial charge on any atom is 0.0780 e. The molecule has 0 saturated carbocycles. The molecule has 1 heterocycles. The van der Waals surface area contributed by atoms with E-state index in [1.165, 1.54) is 27.3 Å². The monoisotopic (exact) mass is 207 g/mol. The Hall–Kier alpha value is -1.89. The first-order chi connectivity index (χ1) is 7.75. The zero-order chi connectivity index (χ0) is 11.1. The van der Waals surface area contributed by atoms with Crippen molar-refractivity contribution in [2.45, 2.75) is 13.8 Å². The van der Waals surface area contributed by atoms with Crippen molar-refractivity contribution >= 4 is 21.7 Å². The molecule has 0 saturated heterocycles. The van der Waals surface area contributed by atoms with Gasteiger partial charge in [-0.3, -0.25) is 4.98 Å². The zero-order valence-corrected chi connectivity index (χ0v) is 9.49. The van der Waals surface area contributed by atoms with Crippen LogP contribution in [-0.4, -0.2) is 4.98 Å². The molecule has 0 amide bonds. The van der Waals surface area contributed by atoms with Gasteiger partial charge in [-0.25, -0.2) is 0 Å². The number of fused-ring (bicyclic) bond motifs is 3. The van der Waals surface area contributed by atoms with Crippen molar-refractivity contribution in [3.8, 4) is 0 Å². The minimum Gasteiger partial charge on any atom is -0.256 e. The minimum absolute atomic E-state index is 1.10. The number of nitrogens with zero attached hydrogens (tertiary/aromatic N) is 1. The van der Waals surface area contributed by atoms with E-state index in [4.69, 9.17) is 0 Å². The molecule has 3 rings (SSSR count). The van der Waals surface area contributed by atoms with E-state index in [2.05, 4.69) is 49.2 Å². The van der Waals surface area contributed by atoms with E-state index < -0.39 is 0 Å². The number of aromatic nitrogens is 1. The molecule has 0 aliphatic carbocycles. The molecule has 0 spiro atoms. The molecule has 0 N–H and O–H groups in total. The second kappa shape index (κ2) is 3.31. The maximum absolute atomic E-state index is 4.49. The van der Waals surface area contributed by atoms with Crippen LogP contribution in [0.15, 0.2) is 42.6 Å². The summed E-state index contributed by atoms with van der Waals surface area (Å²) in [5.74, 6) is 0. The highest BCUT2D eigenvalue weighted by Gasteiger charge is 2.03. The second-order valence-corrected chi connectivity index (χ2v) is 4.32. The fourth-order valence-corrected chi connectivity index (χ4v) is 2.35. The fraction of sp³-hybridized carbons (Fsp3) is 0.133. The number of aryl methyl sites for hydroxylation is 2. The molecule has 1 nitrogen and oxygen atoms in total. The molecule has 0 radical (unpaired) electrons. The summed E-state index contributed by atoms with van der Waals surface area (Å²) in [6.07, 6.45) is 1.86. The molecular formula is C15H13N. The number of pyridine rings is 1. The third-order valence-electron chi connectivity index (χ3n) is 3.05. The average molecular weight is 207 g/mol. The van der Waals surface area contributed by atoms with Gasteiger partial charge in [-0.15, -0.1) is 0 Å².